The maximum Gasteiger partial charge on any atom is 0.183 e. The summed E-state index contributed by atoms with van der Waals surface area (Å²) < 4.78 is 6.89. The van der Waals surface area contributed by atoms with Crippen molar-refractivity contribution in [1.29, 1.82) is 0 Å². The predicted octanol–water partition coefficient (Wildman–Crippen LogP) is 6.39. The van der Waals surface area contributed by atoms with Gasteiger partial charge in [0.25, 0.3) is 0 Å². The van der Waals surface area contributed by atoms with Crippen LogP contribution in [0.15, 0.2) is 52.7 Å². The molecule has 0 aliphatic heterocycles. The molecule has 0 radical (unpaired) electrons. The molecular formula is C24H34N3O2+. The molecule has 1 aliphatic carbocycles. The minimum atomic E-state index is 0.292. The summed E-state index contributed by atoms with van der Waals surface area (Å²) in [7, 11) is 4.27. The lowest BCUT2D eigenvalue weighted by atomic mass is 10.1. The number of quaternary nitrogens is 1. The van der Waals surface area contributed by atoms with Crippen molar-refractivity contribution in [3.63, 3.8) is 0 Å². The van der Waals surface area contributed by atoms with Crippen molar-refractivity contribution in [2.75, 3.05) is 20.8 Å². The number of hydrogen-bond acceptors (Lipinski definition) is 4. The van der Waals surface area contributed by atoms with E-state index in [9.17, 15) is 5.11 Å². The predicted molar refractivity (Wildman–Crippen MR) is 117 cm³/mol. The number of ether oxygens (including phenoxy) is 1. The van der Waals surface area contributed by atoms with E-state index in [0.717, 1.165) is 16.9 Å². The quantitative estimate of drug-likeness (QED) is 0.255. The van der Waals surface area contributed by atoms with E-state index in [1.807, 2.05) is 37.3 Å². The second-order valence-corrected chi connectivity index (χ2v) is 8.85. The molecule has 3 rings (SSSR count). The molecule has 2 aromatic rings. The number of nitrogens with zero attached hydrogens (tertiary/aromatic N) is 3. The van der Waals surface area contributed by atoms with Crippen LogP contribution in [0.2, 0.25) is 0 Å². The van der Waals surface area contributed by atoms with Gasteiger partial charge in [0.05, 0.1) is 37.1 Å². The van der Waals surface area contributed by atoms with Gasteiger partial charge in [0.15, 0.2) is 6.73 Å². The first-order chi connectivity index (χ1) is 13.9. The first kappa shape index (κ1) is 21.5. The Morgan fingerprint density at radius 1 is 0.931 bits per heavy atom. The van der Waals surface area contributed by atoms with Crippen LogP contribution < -0.4 is 0 Å². The molecular weight excluding hydrogens is 362 g/mol. The molecule has 0 spiro atoms. The number of aryl methyl sites for hydroxylation is 1. The monoisotopic (exact) mass is 396 g/mol. The summed E-state index contributed by atoms with van der Waals surface area (Å²) in [5.74, 6) is 0.292. The zero-order valence-electron chi connectivity index (χ0n) is 18.0. The van der Waals surface area contributed by atoms with Gasteiger partial charge in [0, 0.05) is 0 Å². The average Bonchev–Trinajstić information content (AvgIpc) is 2.97. The molecule has 1 N–H and O–H groups in total. The summed E-state index contributed by atoms with van der Waals surface area (Å²) in [5, 5.41) is 19.0. The van der Waals surface area contributed by atoms with E-state index >= 15 is 0 Å². The smallest absolute Gasteiger partial charge is 0.183 e. The minimum Gasteiger partial charge on any atom is -0.507 e. The van der Waals surface area contributed by atoms with Gasteiger partial charge in [-0.2, -0.15) is 10.2 Å². The average molecular weight is 397 g/mol. The molecule has 0 heterocycles. The van der Waals surface area contributed by atoms with Crippen molar-refractivity contribution < 1.29 is 14.3 Å². The molecule has 29 heavy (non-hydrogen) atoms. The third-order valence-corrected chi connectivity index (χ3v) is 5.44. The van der Waals surface area contributed by atoms with E-state index in [-0.39, 0.29) is 0 Å². The van der Waals surface area contributed by atoms with Gasteiger partial charge in [-0.15, -0.1) is 0 Å². The van der Waals surface area contributed by atoms with Gasteiger partial charge < -0.3 is 14.3 Å². The van der Waals surface area contributed by atoms with Crippen molar-refractivity contribution in [3.8, 4) is 5.75 Å². The van der Waals surface area contributed by atoms with Gasteiger partial charge >= 0.3 is 0 Å². The molecule has 0 amide bonds. The highest BCUT2D eigenvalue weighted by atomic mass is 16.5. The summed E-state index contributed by atoms with van der Waals surface area (Å²) in [6.45, 7) is 3.36. The van der Waals surface area contributed by atoms with Crippen LogP contribution in [0.1, 0.15) is 49.7 Å². The highest BCUT2D eigenvalue weighted by Gasteiger charge is 2.22. The molecule has 1 aliphatic rings. The molecule has 1 saturated carbocycles. The number of phenols is 1. The normalized spacial score (nSPS) is 16.2. The molecule has 156 valence electrons. The number of aromatic hydroxyl groups is 1. The molecule has 2 aromatic carbocycles. The van der Waals surface area contributed by atoms with E-state index in [4.69, 9.17) is 4.74 Å². The summed E-state index contributed by atoms with van der Waals surface area (Å²) >= 11 is 0. The van der Waals surface area contributed by atoms with Crippen molar-refractivity contribution in [3.05, 3.63) is 53.6 Å². The van der Waals surface area contributed by atoms with Gasteiger partial charge in [-0.25, -0.2) is 0 Å². The van der Waals surface area contributed by atoms with E-state index in [2.05, 4.69) is 24.3 Å². The largest absolute Gasteiger partial charge is 0.507 e. The Morgan fingerprint density at radius 2 is 1.55 bits per heavy atom. The molecule has 0 unspecified atom stereocenters. The number of rotatable bonds is 7. The van der Waals surface area contributed by atoms with Crippen LogP contribution in [0.3, 0.4) is 0 Å². The molecule has 0 aromatic heterocycles. The number of benzene rings is 2. The van der Waals surface area contributed by atoms with Crippen LogP contribution in [-0.4, -0.2) is 36.5 Å². The molecule has 0 saturated heterocycles. The number of azo groups is 1. The fourth-order valence-corrected chi connectivity index (χ4v) is 3.71. The van der Waals surface area contributed by atoms with Gasteiger partial charge in [-0.05, 0) is 50.1 Å². The van der Waals surface area contributed by atoms with E-state index in [0.29, 0.717) is 29.6 Å². The lowest BCUT2D eigenvalue weighted by Gasteiger charge is -2.31. The van der Waals surface area contributed by atoms with Crippen LogP contribution in [0, 0.1) is 6.92 Å². The zero-order valence-corrected chi connectivity index (χ0v) is 18.0. The van der Waals surface area contributed by atoms with E-state index in [1.165, 1.54) is 44.1 Å². The van der Waals surface area contributed by atoms with Crippen molar-refractivity contribution in [1.82, 2.24) is 0 Å². The van der Waals surface area contributed by atoms with Crippen molar-refractivity contribution >= 4 is 11.4 Å². The fourth-order valence-electron chi connectivity index (χ4n) is 3.71. The number of hydrogen-bond donors (Lipinski definition) is 1. The maximum absolute atomic E-state index is 10.3. The third-order valence-electron chi connectivity index (χ3n) is 5.44. The van der Waals surface area contributed by atoms with Crippen molar-refractivity contribution in [2.24, 2.45) is 10.2 Å². The Balaban J connectivity index is 1.62. The summed E-state index contributed by atoms with van der Waals surface area (Å²) in [6.07, 6.45) is 7.91. The highest BCUT2D eigenvalue weighted by molar-refractivity contribution is 5.47. The van der Waals surface area contributed by atoms with Gasteiger partial charge in [-0.3, -0.25) is 0 Å². The number of phenolic OH excluding ortho intramolecular Hbond substituents is 1. The first-order valence-electron chi connectivity index (χ1n) is 10.7. The Labute approximate surface area is 174 Å². The molecule has 1 fully saturated rings. The maximum atomic E-state index is 10.3. The Kier molecular flexibility index (Phi) is 7.40. The van der Waals surface area contributed by atoms with Crippen LogP contribution in [0.5, 0.6) is 5.75 Å². The Bertz CT molecular complexity index is 807. The summed E-state index contributed by atoms with van der Waals surface area (Å²) in [5.41, 5.74) is 3.61. The molecule has 5 heteroatoms. The first-order valence-corrected chi connectivity index (χ1v) is 10.7. The standard InChI is InChI=1S/C24H33N3O2/c1-19-10-12-21(13-11-19)25-26-22-14-15-24(28)20(16-22)17-27(2,3)18-29-23-8-6-4-5-7-9-23/h10-16,23H,4-9,17-18H2,1-3H3/p+1. The summed E-state index contributed by atoms with van der Waals surface area (Å²) in [4.78, 5) is 0. The van der Waals surface area contributed by atoms with Gasteiger partial charge in [-0.1, -0.05) is 43.4 Å². The second-order valence-electron chi connectivity index (χ2n) is 8.85. The van der Waals surface area contributed by atoms with Crippen molar-refractivity contribution in [2.45, 2.75) is 58.1 Å². The van der Waals surface area contributed by atoms with Crippen LogP contribution >= 0.6 is 0 Å². The van der Waals surface area contributed by atoms with Crippen LogP contribution in [-0.2, 0) is 11.3 Å². The van der Waals surface area contributed by atoms with Gasteiger partial charge in [0.1, 0.15) is 12.3 Å². The SMILES string of the molecule is Cc1ccc(N=Nc2ccc(O)c(C[N+](C)(C)COC3CCCCCC3)c2)cc1. The molecule has 0 atom stereocenters. The second kappa shape index (κ2) is 9.99. The molecule has 0 bridgehead atoms. The Morgan fingerprint density at radius 3 is 2.24 bits per heavy atom. The third kappa shape index (κ3) is 6.94. The van der Waals surface area contributed by atoms with Gasteiger partial charge in [0.2, 0.25) is 0 Å². The topological polar surface area (TPSA) is 54.2 Å². The lowest BCUT2D eigenvalue weighted by Crippen LogP contribution is -2.42. The van der Waals surface area contributed by atoms with E-state index in [1.54, 1.807) is 12.1 Å². The van der Waals surface area contributed by atoms with Crippen LogP contribution in [0.4, 0.5) is 11.4 Å². The Hall–Kier alpha value is -2.24. The molecule has 5 nitrogen and oxygen atoms in total. The minimum absolute atomic E-state index is 0.292. The lowest BCUT2D eigenvalue weighted by molar-refractivity contribution is -0.923. The zero-order chi connectivity index (χ0) is 20.7. The fraction of sp³-hybridized carbons (Fsp3) is 0.500. The highest BCUT2D eigenvalue weighted by Crippen LogP contribution is 2.28. The van der Waals surface area contributed by atoms with Crippen LogP contribution in [0.25, 0.3) is 0 Å². The summed E-state index contributed by atoms with van der Waals surface area (Å²) in [6, 6.07) is 13.3. The van der Waals surface area contributed by atoms with E-state index < -0.39 is 0 Å².